The molecule has 0 fully saturated rings. The van der Waals surface area contributed by atoms with Gasteiger partial charge in [-0.3, -0.25) is 0 Å². The molecule has 1 heterocycles. The number of thiophene rings is 1. The van der Waals surface area contributed by atoms with Crippen LogP contribution in [-0.4, -0.2) is 13.5 Å². The van der Waals surface area contributed by atoms with Crippen molar-refractivity contribution in [2.45, 2.75) is 38.3 Å². The monoisotopic (exact) mass is 325 g/mol. The Morgan fingerprint density at radius 1 is 1.24 bits per heavy atom. The molecule has 0 spiro atoms. The summed E-state index contributed by atoms with van der Waals surface area (Å²) in [7, 11) is -3.57. The van der Waals surface area contributed by atoms with Crippen molar-refractivity contribution in [3.63, 3.8) is 0 Å². The molecular formula is C15H19NO3S2. The fourth-order valence-electron chi connectivity index (χ4n) is 2.07. The third-order valence-corrected chi connectivity index (χ3v) is 5.80. The third kappa shape index (κ3) is 3.71. The number of aliphatic hydroxyl groups is 1. The molecule has 0 unspecified atom stereocenters. The molecule has 0 aliphatic heterocycles. The van der Waals surface area contributed by atoms with E-state index in [1.165, 1.54) is 11.6 Å². The van der Waals surface area contributed by atoms with E-state index in [1.54, 1.807) is 23.5 Å². The SMILES string of the molecule is CCc1ccsc1CNS(=O)(=O)c1ccc(C)c(CO)c1. The predicted octanol–water partition coefficient (Wildman–Crippen LogP) is 2.59. The van der Waals surface area contributed by atoms with Gasteiger partial charge in [-0.2, -0.15) is 0 Å². The minimum atomic E-state index is -3.57. The highest BCUT2D eigenvalue weighted by Crippen LogP contribution is 2.19. The average molecular weight is 325 g/mol. The van der Waals surface area contributed by atoms with E-state index >= 15 is 0 Å². The van der Waals surface area contributed by atoms with Crippen LogP contribution in [0.2, 0.25) is 0 Å². The Kier molecular flexibility index (Phi) is 5.16. The standard InChI is InChI=1S/C15H19NO3S2/c1-3-12-6-7-20-15(12)9-16-21(18,19)14-5-4-11(2)13(8-14)10-17/h4-8,16-17H,3,9-10H2,1-2H3. The van der Waals surface area contributed by atoms with Crippen molar-refractivity contribution in [1.82, 2.24) is 4.72 Å². The van der Waals surface area contributed by atoms with Gasteiger partial charge in [-0.05, 0) is 53.6 Å². The maximum absolute atomic E-state index is 12.3. The highest BCUT2D eigenvalue weighted by atomic mass is 32.2. The van der Waals surface area contributed by atoms with Gasteiger partial charge in [-0.15, -0.1) is 11.3 Å². The molecule has 2 rings (SSSR count). The van der Waals surface area contributed by atoms with E-state index in [9.17, 15) is 13.5 Å². The van der Waals surface area contributed by atoms with Crippen LogP contribution < -0.4 is 4.72 Å². The molecule has 0 amide bonds. The first-order valence-corrected chi connectivity index (χ1v) is 9.09. The summed E-state index contributed by atoms with van der Waals surface area (Å²) in [6.07, 6.45) is 0.889. The zero-order valence-electron chi connectivity index (χ0n) is 12.1. The number of hydrogen-bond acceptors (Lipinski definition) is 4. The van der Waals surface area contributed by atoms with Crippen LogP contribution in [0.3, 0.4) is 0 Å². The van der Waals surface area contributed by atoms with Crippen LogP contribution in [0.15, 0.2) is 34.5 Å². The van der Waals surface area contributed by atoms with Crippen molar-refractivity contribution in [3.05, 3.63) is 51.2 Å². The van der Waals surface area contributed by atoms with Gasteiger partial charge in [0.1, 0.15) is 0 Å². The van der Waals surface area contributed by atoms with E-state index in [2.05, 4.69) is 4.72 Å². The summed E-state index contributed by atoms with van der Waals surface area (Å²) in [4.78, 5) is 1.22. The molecule has 114 valence electrons. The molecule has 0 aliphatic rings. The largest absolute Gasteiger partial charge is 0.392 e. The molecule has 1 aromatic heterocycles. The number of nitrogens with one attached hydrogen (secondary N) is 1. The maximum atomic E-state index is 12.3. The van der Waals surface area contributed by atoms with Crippen LogP contribution in [0, 0.1) is 6.92 Å². The van der Waals surface area contributed by atoms with Gasteiger partial charge in [0.05, 0.1) is 11.5 Å². The molecule has 0 saturated carbocycles. The van der Waals surface area contributed by atoms with Crippen LogP contribution in [-0.2, 0) is 29.6 Å². The van der Waals surface area contributed by atoms with Gasteiger partial charge in [0, 0.05) is 11.4 Å². The van der Waals surface area contributed by atoms with Crippen molar-refractivity contribution in [1.29, 1.82) is 0 Å². The van der Waals surface area contributed by atoms with E-state index in [-0.39, 0.29) is 11.5 Å². The summed E-state index contributed by atoms with van der Waals surface area (Å²) in [5, 5.41) is 11.2. The number of aryl methyl sites for hydroxylation is 2. The Morgan fingerprint density at radius 3 is 2.67 bits per heavy atom. The van der Waals surface area contributed by atoms with Gasteiger partial charge in [-0.1, -0.05) is 13.0 Å². The first kappa shape index (κ1) is 16.2. The molecule has 0 atom stereocenters. The van der Waals surface area contributed by atoms with E-state index in [0.29, 0.717) is 12.1 Å². The van der Waals surface area contributed by atoms with Crippen molar-refractivity contribution in [2.75, 3.05) is 0 Å². The zero-order chi connectivity index (χ0) is 15.5. The highest BCUT2D eigenvalue weighted by molar-refractivity contribution is 7.89. The molecule has 2 aromatic rings. The van der Waals surface area contributed by atoms with Crippen molar-refractivity contribution < 1.29 is 13.5 Å². The van der Waals surface area contributed by atoms with Gasteiger partial charge in [0.2, 0.25) is 10.0 Å². The quantitative estimate of drug-likeness (QED) is 0.858. The van der Waals surface area contributed by atoms with E-state index in [1.807, 2.05) is 25.3 Å². The molecular weight excluding hydrogens is 306 g/mol. The lowest BCUT2D eigenvalue weighted by Crippen LogP contribution is -2.23. The minimum Gasteiger partial charge on any atom is -0.392 e. The Hall–Kier alpha value is -1.21. The van der Waals surface area contributed by atoms with Gasteiger partial charge in [0.15, 0.2) is 0 Å². The summed E-state index contributed by atoms with van der Waals surface area (Å²) >= 11 is 1.55. The third-order valence-electron chi connectivity index (χ3n) is 3.44. The lowest BCUT2D eigenvalue weighted by atomic mass is 10.1. The Balaban J connectivity index is 2.19. The second kappa shape index (κ2) is 6.70. The first-order chi connectivity index (χ1) is 9.97. The van der Waals surface area contributed by atoms with Crippen molar-refractivity contribution >= 4 is 21.4 Å². The summed E-state index contributed by atoms with van der Waals surface area (Å²) in [5.74, 6) is 0. The average Bonchev–Trinajstić information content (AvgIpc) is 2.93. The van der Waals surface area contributed by atoms with Crippen LogP contribution in [0.1, 0.15) is 28.5 Å². The maximum Gasteiger partial charge on any atom is 0.240 e. The number of benzene rings is 1. The normalized spacial score (nSPS) is 11.8. The molecule has 0 aliphatic carbocycles. The van der Waals surface area contributed by atoms with Crippen LogP contribution in [0.4, 0.5) is 0 Å². The fraction of sp³-hybridized carbons (Fsp3) is 0.333. The van der Waals surface area contributed by atoms with Crippen molar-refractivity contribution in [2.24, 2.45) is 0 Å². The zero-order valence-corrected chi connectivity index (χ0v) is 13.7. The molecule has 6 heteroatoms. The Labute approximate surface area is 129 Å². The molecule has 0 bridgehead atoms. The second-order valence-corrected chi connectivity index (χ2v) is 7.56. The van der Waals surface area contributed by atoms with E-state index < -0.39 is 10.0 Å². The fourth-order valence-corrected chi connectivity index (χ4v) is 4.12. The van der Waals surface area contributed by atoms with E-state index in [0.717, 1.165) is 16.9 Å². The number of hydrogen-bond donors (Lipinski definition) is 2. The topological polar surface area (TPSA) is 66.4 Å². The number of aliphatic hydroxyl groups excluding tert-OH is 1. The highest BCUT2D eigenvalue weighted by Gasteiger charge is 2.16. The van der Waals surface area contributed by atoms with Crippen LogP contribution >= 0.6 is 11.3 Å². The number of rotatable bonds is 6. The van der Waals surface area contributed by atoms with E-state index in [4.69, 9.17) is 0 Å². The summed E-state index contributed by atoms with van der Waals surface area (Å²) in [5.41, 5.74) is 2.67. The first-order valence-electron chi connectivity index (χ1n) is 6.73. The number of sulfonamides is 1. The summed E-state index contributed by atoms with van der Waals surface area (Å²) in [6.45, 7) is 4.02. The summed E-state index contributed by atoms with van der Waals surface area (Å²) < 4.78 is 27.3. The predicted molar refractivity (Wildman–Crippen MR) is 84.8 cm³/mol. The van der Waals surface area contributed by atoms with Crippen LogP contribution in [0.5, 0.6) is 0 Å². The molecule has 4 nitrogen and oxygen atoms in total. The Bertz CT molecular complexity index is 720. The second-order valence-electron chi connectivity index (χ2n) is 4.79. The lowest BCUT2D eigenvalue weighted by Gasteiger charge is -2.09. The molecule has 21 heavy (non-hydrogen) atoms. The Morgan fingerprint density at radius 2 is 2.00 bits per heavy atom. The molecule has 0 saturated heterocycles. The molecule has 0 radical (unpaired) electrons. The summed E-state index contributed by atoms with van der Waals surface area (Å²) in [6, 6.07) is 6.81. The molecule has 2 N–H and O–H groups in total. The van der Waals surface area contributed by atoms with Gasteiger partial charge in [0.25, 0.3) is 0 Å². The van der Waals surface area contributed by atoms with Crippen molar-refractivity contribution in [3.8, 4) is 0 Å². The molecule has 1 aromatic carbocycles. The smallest absolute Gasteiger partial charge is 0.240 e. The lowest BCUT2D eigenvalue weighted by molar-refractivity contribution is 0.280. The van der Waals surface area contributed by atoms with Gasteiger partial charge >= 0.3 is 0 Å². The van der Waals surface area contributed by atoms with Crippen LogP contribution in [0.25, 0.3) is 0 Å². The van der Waals surface area contributed by atoms with Gasteiger partial charge < -0.3 is 5.11 Å². The minimum absolute atomic E-state index is 0.167. The van der Waals surface area contributed by atoms with Gasteiger partial charge in [-0.25, -0.2) is 13.1 Å².